The highest BCUT2D eigenvalue weighted by molar-refractivity contribution is 6.29. The van der Waals surface area contributed by atoms with Crippen LogP contribution in [-0.4, -0.2) is 33.9 Å². The third-order valence-electron chi connectivity index (χ3n) is 2.73. The Labute approximate surface area is 98.4 Å². The molecule has 0 saturated carbocycles. The highest BCUT2D eigenvalue weighted by Gasteiger charge is 2.19. The van der Waals surface area contributed by atoms with E-state index in [0.29, 0.717) is 10.8 Å². The summed E-state index contributed by atoms with van der Waals surface area (Å²) in [6.45, 7) is 1.91. The Kier molecular flexibility index (Phi) is 3.46. The molecule has 2 N–H and O–H groups in total. The van der Waals surface area contributed by atoms with Gasteiger partial charge >= 0.3 is 5.97 Å². The highest BCUT2D eigenvalue weighted by Crippen LogP contribution is 2.23. The molecule has 0 amide bonds. The molecule has 0 unspecified atom stereocenters. The Morgan fingerprint density at radius 2 is 2.31 bits per heavy atom. The average molecular weight is 244 g/mol. The molecule has 1 fully saturated rings. The van der Waals surface area contributed by atoms with E-state index in [0.717, 1.165) is 25.9 Å². The molecule has 1 aromatic heterocycles. The lowest BCUT2D eigenvalue weighted by molar-refractivity contribution is -0.136. The van der Waals surface area contributed by atoms with E-state index in [1.165, 1.54) is 0 Å². The molecule has 5 nitrogen and oxygen atoms in total. The van der Waals surface area contributed by atoms with E-state index in [2.05, 4.69) is 10.4 Å². The Bertz CT molecular complexity index is 385. The topological polar surface area (TPSA) is 67.2 Å². The van der Waals surface area contributed by atoms with E-state index in [9.17, 15) is 4.79 Å². The Morgan fingerprint density at radius 1 is 1.62 bits per heavy atom. The van der Waals surface area contributed by atoms with Gasteiger partial charge in [-0.3, -0.25) is 9.48 Å². The fraction of sp³-hybridized carbons (Fsp3) is 0.600. The number of piperidine rings is 1. The number of carbonyl (C=O) groups is 1. The van der Waals surface area contributed by atoms with E-state index >= 15 is 0 Å². The summed E-state index contributed by atoms with van der Waals surface area (Å²) < 4.78 is 1.75. The molecule has 0 bridgehead atoms. The molecule has 1 aliphatic heterocycles. The summed E-state index contributed by atoms with van der Waals surface area (Å²) in [6.07, 6.45) is 1.89. The molecule has 0 aromatic carbocycles. The van der Waals surface area contributed by atoms with Crippen LogP contribution in [0.15, 0.2) is 6.07 Å². The number of carboxylic acids is 1. The van der Waals surface area contributed by atoms with Crippen molar-refractivity contribution in [3.05, 3.63) is 16.9 Å². The lowest BCUT2D eigenvalue weighted by Crippen LogP contribution is -2.30. The number of nitrogens with zero attached hydrogens (tertiary/aromatic N) is 2. The first kappa shape index (κ1) is 11.4. The number of rotatable bonds is 3. The van der Waals surface area contributed by atoms with Gasteiger partial charge in [-0.2, -0.15) is 5.10 Å². The second kappa shape index (κ2) is 4.84. The van der Waals surface area contributed by atoms with Gasteiger partial charge in [0.2, 0.25) is 0 Å². The van der Waals surface area contributed by atoms with Crippen molar-refractivity contribution in [1.29, 1.82) is 0 Å². The summed E-state index contributed by atoms with van der Waals surface area (Å²) in [7, 11) is 0. The minimum Gasteiger partial charge on any atom is -0.481 e. The zero-order chi connectivity index (χ0) is 11.5. The SMILES string of the molecule is O=C(O)Cc1cc(Cl)n(C2CCNCC2)n1. The Balaban J connectivity index is 2.13. The number of halogens is 1. The van der Waals surface area contributed by atoms with Crippen molar-refractivity contribution in [3.8, 4) is 0 Å². The first-order chi connectivity index (χ1) is 7.66. The second-order valence-electron chi connectivity index (χ2n) is 3.95. The van der Waals surface area contributed by atoms with E-state index < -0.39 is 5.97 Å². The van der Waals surface area contributed by atoms with Crippen LogP contribution in [0.5, 0.6) is 0 Å². The normalized spacial score (nSPS) is 17.6. The Morgan fingerprint density at radius 3 is 2.94 bits per heavy atom. The van der Waals surface area contributed by atoms with Crippen LogP contribution >= 0.6 is 11.6 Å². The fourth-order valence-electron chi connectivity index (χ4n) is 1.97. The molecule has 2 heterocycles. The molecular weight excluding hydrogens is 230 g/mol. The van der Waals surface area contributed by atoms with Crippen molar-refractivity contribution >= 4 is 17.6 Å². The number of hydrogen-bond acceptors (Lipinski definition) is 3. The van der Waals surface area contributed by atoms with E-state index in [4.69, 9.17) is 16.7 Å². The van der Waals surface area contributed by atoms with Crippen LogP contribution in [0.3, 0.4) is 0 Å². The third-order valence-corrected chi connectivity index (χ3v) is 3.01. The number of carboxylic acid groups (broad SMARTS) is 1. The van der Waals surface area contributed by atoms with Crippen LogP contribution in [0.4, 0.5) is 0 Å². The predicted molar refractivity (Wildman–Crippen MR) is 59.7 cm³/mol. The van der Waals surface area contributed by atoms with Gasteiger partial charge in [0.1, 0.15) is 5.15 Å². The van der Waals surface area contributed by atoms with Crippen molar-refractivity contribution in [1.82, 2.24) is 15.1 Å². The van der Waals surface area contributed by atoms with Crippen LogP contribution in [0.1, 0.15) is 24.6 Å². The third kappa shape index (κ3) is 2.54. The van der Waals surface area contributed by atoms with Gasteiger partial charge in [0.05, 0.1) is 18.2 Å². The molecule has 88 valence electrons. The molecule has 0 radical (unpaired) electrons. The molecule has 0 atom stereocenters. The standard InChI is InChI=1S/C10H14ClN3O2/c11-9-5-7(6-10(15)16)13-14(9)8-1-3-12-4-2-8/h5,8,12H,1-4,6H2,(H,15,16). The van der Waals surface area contributed by atoms with E-state index in [1.807, 2.05) is 0 Å². The molecule has 2 rings (SSSR count). The highest BCUT2D eigenvalue weighted by atomic mass is 35.5. The largest absolute Gasteiger partial charge is 0.481 e. The zero-order valence-corrected chi connectivity index (χ0v) is 9.57. The molecule has 1 saturated heterocycles. The first-order valence-corrected chi connectivity index (χ1v) is 5.71. The van der Waals surface area contributed by atoms with Crippen molar-refractivity contribution < 1.29 is 9.90 Å². The molecule has 6 heteroatoms. The fourth-order valence-corrected chi connectivity index (χ4v) is 2.27. The van der Waals surface area contributed by atoms with Gasteiger partial charge < -0.3 is 10.4 Å². The molecule has 16 heavy (non-hydrogen) atoms. The summed E-state index contributed by atoms with van der Waals surface area (Å²) >= 11 is 6.05. The van der Waals surface area contributed by atoms with Gasteiger partial charge in [0.25, 0.3) is 0 Å². The molecule has 1 aromatic rings. The predicted octanol–water partition coefficient (Wildman–Crippen LogP) is 1.09. The maximum Gasteiger partial charge on any atom is 0.309 e. The molecule has 0 spiro atoms. The van der Waals surface area contributed by atoms with Crippen LogP contribution in [0.2, 0.25) is 5.15 Å². The Hall–Kier alpha value is -1.07. The summed E-state index contributed by atoms with van der Waals surface area (Å²) in [6, 6.07) is 1.92. The minimum absolute atomic E-state index is 0.0717. The van der Waals surface area contributed by atoms with Gasteiger partial charge in [-0.25, -0.2) is 0 Å². The summed E-state index contributed by atoms with van der Waals surface area (Å²) in [5.74, 6) is -0.883. The summed E-state index contributed by atoms with van der Waals surface area (Å²) in [4.78, 5) is 10.6. The van der Waals surface area contributed by atoms with Gasteiger partial charge in [-0.05, 0) is 32.0 Å². The van der Waals surface area contributed by atoms with Gasteiger partial charge in [-0.1, -0.05) is 11.6 Å². The monoisotopic (exact) mass is 243 g/mol. The van der Waals surface area contributed by atoms with Gasteiger partial charge in [0.15, 0.2) is 0 Å². The number of aromatic nitrogens is 2. The maximum atomic E-state index is 10.6. The second-order valence-corrected chi connectivity index (χ2v) is 4.34. The van der Waals surface area contributed by atoms with Gasteiger partial charge in [0, 0.05) is 0 Å². The van der Waals surface area contributed by atoms with Gasteiger partial charge in [-0.15, -0.1) is 0 Å². The summed E-state index contributed by atoms with van der Waals surface area (Å²) in [5, 5.41) is 16.7. The zero-order valence-electron chi connectivity index (χ0n) is 8.82. The summed E-state index contributed by atoms with van der Waals surface area (Å²) in [5.41, 5.74) is 0.524. The average Bonchev–Trinajstić information content (AvgIpc) is 2.60. The molecule has 0 aliphatic carbocycles. The van der Waals surface area contributed by atoms with Crippen molar-refractivity contribution in [2.24, 2.45) is 0 Å². The van der Waals surface area contributed by atoms with Crippen molar-refractivity contribution in [2.45, 2.75) is 25.3 Å². The first-order valence-electron chi connectivity index (χ1n) is 5.33. The van der Waals surface area contributed by atoms with E-state index in [-0.39, 0.29) is 12.5 Å². The number of nitrogens with one attached hydrogen (secondary N) is 1. The minimum atomic E-state index is -0.883. The number of aliphatic carboxylic acids is 1. The quantitative estimate of drug-likeness (QED) is 0.834. The van der Waals surface area contributed by atoms with Crippen LogP contribution in [0, 0.1) is 0 Å². The smallest absolute Gasteiger partial charge is 0.309 e. The lowest BCUT2D eigenvalue weighted by Gasteiger charge is -2.23. The number of hydrogen-bond donors (Lipinski definition) is 2. The molecule has 1 aliphatic rings. The van der Waals surface area contributed by atoms with Crippen LogP contribution in [0.25, 0.3) is 0 Å². The molecular formula is C10H14ClN3O2. The van der Waals surface area contributed by atoms with Crippen molar-refractivity contribution in [3.63, 3.8) is 0 Å². The van der Waals surface area contributed by atoms with E-state index in [1.54, 1.807) is 10.7 Å². The van der Waals surface area contributed by atoms with Crippen LogP contribution in [-0.2, 0) is 11.2 Å². The maximum absolute atomic E-state index is 10.6. The van der Waals surface area contributed by atoms with Crippen LogP contribution < -0.4 is 5.32 Å². The van der Waals surface area contributed by atoms with Crippen molar-refractivity contribution in [2.75, 3.05) is 13.1 Å². The lowest BCUT2D eigenvalue weighted by atomic mass is 10.1.